The van der Waals surface area contributed by atoms with Gasteiger partial charge in [-0.2, -0.15) is 0 Å². The normalized spacial score (nSPS) is 10.1. The van der Waals surface area contributed by atoms with Gasteiger partial charge in [-0.05, 0) is 6.42 Å². The van der Waals surface area contributed by atoms with E-state index in [4.69, 9.17) is 16.6 Å². The first-order valence-electron chi connectivity index (χ1n) is 2.32. The molecule has 5 heteroatoms. The zero-order valence-electron chi connectivity index (χ0n) is 5.13. The number of aliphatic carboxylic acids is 1. The molecule has 0 aromatic rings. The predicted octanol–water partition coefficient (Wildman–Crippen LogP) is -0.327. The molecule has 56 valence electrons. The highest BCUT2D eigenvalue weighted by atomic mass is 79.9. The third-order valence-corrected chi connectivity index (χ3v) is 0.983. The van der Waals surface area contributed by atoms with E-state index in [1.165, 1.54) is 0 Å². The molecular weight excluding hydrogens is 188 g/mol. The molecule has 0 saturated carbocycles. The average molecular weight is 199 g/mol. The minimum Gasteiger partial charge on any atom is -0.479 e. The first kappa shape index (κ1) is 11.6. The van der Waals surface area contributed by atoms with Crippen LogP contribution in [0, 0.1) is 0 Å². The van der Waals surface area contributed by atoms with Gasteiger partial charge in [0, 0.05) is 0 Å². The summed E-state index contributed by atoms with van der Waals surface area (Å²) in [4.78, 5) is 10.0. The second-order valence-electron chi connectivity index (χ2n) is 1.70. The topological polar surface area (TPSA) is 89.3 Å². The van der Waals surface area contributed by atoms with Gasteiger partial charge in [0.25, 0.3) is 0 Å². The van der Waals surface area contributed by atoms with Crippen molar-refractivity contribution in [3.8, 4) is 0 Å². The van der Waals surface area contributed by atoms with Crippen LogP contribution in [-0.4, -0.2) is 16.7 Å². The molecule has 5 N–H and O–H groups in total. The Morgan fingerprint density at radius 2 is 2.00 bits per heavy atom. The van der Waals surface area contributed by atoms with E-state index in [0.29, 0.717) is 0 Å². The number of carboxylic acid groups (broad SMARTS) is 1. The van der Waals surface area contributed by atoms with E-state index < -0.39 is 11.6 Å². The van der Waals surface area contributed by atoms with Gasteiger partial charge in [-0.3, -0.25) is 0 Å². The molecule has 0 radical (unpaired) electrons. The summed E-state index contributed by atoms with van der Waals surface area (Å²) in [5.41, 5.74) is 8.53. The van der Waals surface area contributed by atoms with Crippen LogP contribution in [0.3, 0.4) is 0 Å². The standard InChI is InChI=1S/C4H10N2O2.BrH/c1-2-4(5,6)3(7)8;/h2,5-6H2,1H3,(H,7,8);1H. The smallest absolute Gasteiger partial charge is 0.338 e. The summed E-state index contributed by atoms with van der Waals surface area (Å²) >= 11 is 0. The van der Waals surface area contributed by atoms with Crippen LogP contribution in [0.2, 0.25) is 0 Å². The van der Waals surface area contributed by atoms with E-state index in [0.717, 1.165) is 0 Å². The van der Waals surface area contributed by atoms with Gasteiger partial charge in [0.2, 0.25) is 0 Å². The number of nitrogens with two attached hydrogens (primary N) is 2. The Bertz CT molecular complexity index is 105. The van der Waals surface area contributed by atoms with Gasteiger partial charge in [-0.25, -0.2) is 4.79 Å². The molecule has 0 saturated heterocycles. The van der Waals surface area contributed by atoms with Crippen LogP contribution in [-0.2, 0) is 4.79 Å². The maximum Gasteiger partial charge on any atom is 0.338 e. The number of hydrogen-bond donors (Lipinski definition) is 3. The third kappa shape index (κ3) is 3.45. The Kier molecular flexibility index (Phi) is 4.93. The van der Waals surface area contributed by atoms with E-state index in [9.17, 15) is 4.79 Å². The lowest BCUT2D eigenvalue weighted by atomic mass is 10.1. The highest BCUT2D eigenvalue weighted by Crippen LogP contribution is 1.94. The fourth-order valence-corrected chi connectivity index (χ4v) is 0.151. The quantitative estimate of drug-likeness (QED) is 0.531. The second kappa shape index (κ2) is 3.81. The van der Waals surface area contributed by atoms with Gasteiger partial charge in [-0.15, -0.1) is 17.0 Å². The molecule has 0 aromatic heterocycles. The number of carbonyl (C=O) groups is 1. The van der Waals surface area contributed by atoms with Crippen LogP contribution in [0.5, 0.6) is 0 Å². The van der Waals surface area contributed by atoms with Gasteiger partial charge in [0.15, 0.2) is 5.66 Å². The lowest BCUT2D eigenvalue weighted by molar-refractivity contribution is -0.143. The highest BCUT2D eigenvalue weighted by Gasteiger charge is 2.25. The lowest BCUT2D eigenvalue weighted by Crippen LogP contribution is -2.55. The molecule has 4 nitrogen and oxygen atoms in total. The molecule has 0 aliphatic rings. The third-order valence-electron chi connectivity index (χ3n) is 0.983. The first-order chi connectivity index (χ1) is 3.50. The Morgan fingerprint density at radius 3 is 2.00 bits per heavy atom. The molecule has 0 amide bonds. The van der Waals surface area contributed by atoms with Crippen LogP contribution >= 0.6 is 17.0 Å². The van der Waals surface area contributed by atoms with Gasteiger partial charge in [-0.1, -0.05) is 6.92 Å². The van der Waals surface area contributed by atoms with Crippen LogP contribution in [0.4, 0.5) is 0 Å². The molecule has 0 heterocycles. The van der Waals surface area contributed by atoms with E-state index in [-0.39, 0.29) is 23.4 Å². The number of carboxylic acids is 1. The van der Waals surface area contributed by atoms with E-state index in [1.807, 2.05) is 0 Å². The van der Waals surface area contributed by atoms with Crippen LogP contribution in [0.15, 0.2) is 0 Å². The van der Waals surface area contributed by atoms with Crippen LogP contribution in [0.1, 0.15) is 13.3 Å². The molecular formula is C4H11BrN2O2. The van der Waals surface area contributed by atoms with Crippen LogP contribution in [0.25, 0.3) is 0 Å². The van der Waals surface area contributed by atoms with Crippen molar-refractivity contribution in [2.45, 2.75) is 19.0 Å². The molecule has 0 rings (SSSR count). The predicted molar refractivity (Wildman–Crippen MR) is 39.4 cm³/mol. The summed E-state index contributed by atoms with van der Waals surface area (Å²) < 4.78 is 0. The average Bonchev–Trinajstić information content (AvgIpc) is 1.67. The van der Waals surface area contributed by atoms with E-state index >= 15 is 0 Å². The van der Waals surface area contributed by atoms with Crippen molar-refractivity contribution in [1.82, 2.24) is 0 Å². The summed E-state index contributed by atoms with van der Waals surface area (Å²) in [5, 5.41) is 8.19. The van der Waals surface area contributed by atoms with E-state index in [1.54, 1.807) is 6.92 Å². The molecule has 0 aliphatic heterocycles. The zero-order chi connectivity index (χ0) is 6.78. The van der Waals surface area contributed by atoms with Gasteiger partial charge < -0.3 is 16.6 Å². The van der Waals surface area contributed by atoms with Crippen molar-refractivity contribution < 1.29 is 9.90 Å². The number of rotatable bonds is 2. The van der Waals surface area contributed by atoms with Gasteiger partial charge in [0.05, 0.1) is 0 Å². The summed E-state index contributed by atoms with van der Waals surface area (Å²) in [6.07, 6.45) is 0.238. The Labute approximate surface area is 64.0 Å². The van der Waals surface area contributed by atoms with Gasteiger partial charge >= 0.3 is 5.97 Å². The van der Waals surface area contributed by atoms with Crippen molar-refractivity contribution >= 4 is 23.0 Å². The fourth-order valence-electron chi connectivity index (χ4n) is 0.151. The Balaban J connectivity index is 0. The number of halogens is 1. The molecule has 0 aliphatic carbocycles. The van der Waals surface area contributed by atoms with Crippen molar-refractivity contribution in [3.63, 3.8) is 0 Å². The zero-order valence-corrected chi connectivity index (χ0v) is 6.84. The molecule has 0 bridgehead atoms. The van der Waals surface area contributed by atoms with Crippen molar-refractivity contribution in [3.05, 3.63) is 0 Å². The Morgan fingerprint density at radius 1 is 1.67 bits per heavy atom. The minimum absolute atomic E-state index is 0. The maximum atomic E-state index is 10.0. The summed E-state index contributed by atoms with van der Waals surface area (Å²) in [6, 6.07) is 0. The molecule has 0 unspecified atom stereocenters. The molecule has 9 heavy (non-hydrogen) atoms. The summed E-state index contributed by atoms with van der Waals surface area (Å²) in [6.45, 7) is 1.62. The first-order valence-corrected chi connectivity index (χ1v) is 2.32. The molecule has 0 atom stereocenters. The monoisotopic (exact) mass is 198 g/mol. The summed E-state index contributed by atoms with van der Waals surface area (Å²) in [5.74, 6) is -1.17. The van der Waals surface area contributed by atoms with Crippen LogP contribution < -0.4 is 11.5 Å². The molecule has 0 aromatic carbocycles. The second-order valence-corrected chi connectivity index (χ2v) is 1.70. The number of hydrogen-bond acceptors (Lipinski definition) is 3. The van der Waals surface area contributed by atoms with Gasteiger partial charge in [0.1, 0.15) is 0 Å². The highest BCUT2D eigenvalue weighted by molar-refractivity contribution is 8.93. The fraction of sp³-hybridized carbons (Fsp3) is 0.750. The SMILES string of the molecule is Br.CCC(N)(N)C(=O)O. The maximum absolute atomic E-state index is 10.0. The molecule has 0 fully saturated rings. The Hall–Kier alpha value is -0.130. The van der Waals surface area contributed by atoms with E-state index in [2.05, 4.69) is 0 Å². The van der Waals surface area contributed by atoms with Crippen molar-refractivity contribution in [1.29, 1.82) is 0 Å². The lowest BCUT2D eigenvalue weighted by Gasteiger charge is -2.14. The largest absolute Gasteiger partial charge is 0.479 e. The minimum atomic E-state index is -1.54. The summed E-state index contributed by atoms with van der Waals surface area (Å²) in [7, 11) is 0. The van der Waals surface area contributed by atoms with Crippen molar-refractivity contribution in [2.75, 3.05) is 0 Å². The van der Waals surface area contributed by atoms with Crippen molar-refractivity contribution in [2.24, 2.45) is 11.5 Å². The molecule has 0 spiro atoms.